The number of rotatable bonds is 7. The molecule has 0 aromatic heterocycles. The van der Waals surface area contributed by atoms with E-state index >= 15 is 0 Å². The molecule has 0 aliphatic carbocycles. The molecule has 1 aromatic rings. The van der Waals surface area contributed by atoms with Crippen LogP contribution in [0, 0.1) is 0 Å². The van der Waals surface area contributed by atoms with Crippen LogP contribution in [-0.2, 0) is 10.0 Å². The first-order chi connectivity index (χ1) is 8.84. The van der Waals surface area contributed by atoms with Gasteiger partial charge in [-0.15, -0.1) is 0 Å². The van der Waals surface area contributed by atoms with Crippen LogP contribution < -0.4 is 10.5 Å². The molecule has 0 bridgehead atoms. The molecule has 1 aromatic carbocycles. The second kappa shape index (κ2) is 7.00. The number of benzene rings is 1. The van der Waals surface area contributed by atoms with E-state index in [1.54, 1.807) is 12.1 Å². The van der Waals surface area contributed by atoms with E-state index in [1.165, 1.54) is 12.1 Å². The van der Waals surface area contributed by atoms with E-state index in [4.69, 9.17) is 10.2 Å². The van der Waals surface area contributed by atoms with Gasteiger partial charge in [-0.2, -0.15) is 0 Å². The van der Waals surface area contributed by atoms with E-state index in [2.05, 4.69) is 12.2 Å². The summed E-state index contributed by atoms with van der Waals surface area (Å²) in [5.74, 6) is 0. The second-order valence-electron chi connectivity index (χ2n) is 4.77. The lowest BCUT2D eigenvalue weighted by atomic mass is 10.1. The normalized spacial score (nSPS) is 15.2. The van der Waals surface area contributed by atoms with Gasteiger partial charge in [0.25, 0.3) is 0 Å². The highest BCUT2D eigenvalue weighted by atomic mass is 32.2. The molecule has 0 radical (unpaired) electrons. The number of nitrogens with one attached hydrogen (secondary N) is 1. The molecule has 6 heteroatoms. The highest BCUT2D eigenvalue weighted by Gasteiger charge is 2.11. The molecular weight excluding hydrogens is 264 g/mol. The number of aliphatic hydroxyl groups is 1. The van der Waals surface area contributed by atoms with Crippen molar-refractivity contribution in [1.82, 2.24) is 5.32 Å². The molecule has 0 amide bonds. The molecule has 108 valence electrons. The lowest BCUT2D eigenvalue weighted by molar-refractivity contribution is 0.274. The zero-order valence-corrected chi connectivity index (χ0v) is 12.2. The maximum atomic E-state index is 11.1. The monoisotopic (exact) mass is 286 g/mol. The van der Waals surface area contributed by atoms with Crippen LogP contribution in [0.2, 0.25) is 0 Å². The Hall–Kier alpha value is -0.950. The zero-order valence-electron chi connectivity index (χ0n) is 11.3. The number of hydrogen-bond acceptors (Lipinski definition) is 4. The van der Waals surface area contributed by atoms with Gasteiger partial charge in [0.15, 0.2) is 0 Å². The lowest BCUT2D eigenvalue weighted by Crippen LogP contribution is -2.29. The van der Waals surface area contributed by atoms with E-state index < -0.39 is 10.0 Å². The predicted molar refractivity (Wildman–Crippen MR) is 75.1 cm³/mol. The molecule has 0 fully saturated rings. The fourth-order valence-electron chi connectivity index (χ4n) is 1.95. The molecule has 2 unspecified atom stereocenters. The average Bonchev–Trinajstić information content (AvgIpc) is 2.35. The van der Waals surface area contributed by atoms with Crippen molar-refractivity contribution >= 4 is 10.0 Å². The summed E-state index contributed by atoms with van der Waals surface area (Å²) in [5.41, 5.74) is 1.00. The van der Waals surface area contributed by atoms with Gasteiger partial charge >= 0.3 is 0 Å². The molecule has 1 rings (SSSR count). The summed E-state index contributed by atoms with van der Waals surface area (Å²) in [6.07, 6.45) is 1.67. The summed E-state index contributed by atoms with van der Waals surface area (Å²) in [7, 11) is -3.63. The zero-order chi connectivity index (χ0) is 14.5. The first-order valence-electron chi connectivity index (χ1n) is 6.34. The SMILES string of the molecule is CC(CCCO)NC(C)c1ccc(S(N)(=O)=O)cc1. The molecule has 0 spiro atoms. The third-order valence-corrected chi connectivity index (χ3v) is 3.97. The summed E-state index contributed by atoms with van der Waals surface area (Å²) in [4.78, 5) is 0.122. The fraction of sp³-hybridized carbons (Fsp3) is 0.538. The average molecular weight is 286 g/mol. The Bertz CT molecular complexity index is 485. The standard InChI is InChI=1S/C13H22N2O3S/c1-10(4-3-9-16)15-11(2)12-5-7-13(8-6-12)19(14,17)18/h5-8,10-11,15-16H,3-4,9H2,1-2H3,(H2,14,17,18). The summed E-state index contributed by atoms with van der Waals surface area (Å²) in [6, 6.07) is 6.96. The quantitative estimate of drug-likeness (QED) is 0.701. The van der Waals surface area contributed by atoms with Crippen LogP contribution in [0.3, 0.4) is 0 Å². The van der Waals surface area contributed by atoms with Crippen molar-refractivity contribution in [3.8, 4) is 0 Å². The fourth-order valence-corrected chi connectivity index (χ4v) is 2.47. The molecule has 2 atom stereocenters. The molecule has 0 aliphatic rings. The van der Waals surface area contributed by atoms with Crippen molar-refractivity contribution in [2.45, 2.75) is 43.7 Å². The summed E-state index contributed by atoms with van der Waals surface area (Å²) in [6.45, 7) is 4.27. The first kappa shape index (κ1) is 16.1. The van der Waals surface area contributed by atoms with E-state index in [0.29, 0.717) is 6.04 Å². The Morgan fingerprint density at radius 1 is 1.26 bits per heavy atom. The van der Waals surface area contributed by atoms with Crippen LogP contribution >= 0.6 is 0 Å². The van der Waals surface area contributed by atoms with Crippen LogP contribution in [0.4, 0.5) is 0 Å². The van der Waals surface area contributed by atoms with E-state index in [9.17, 15) is 8.42 Å². The van der Waals surface area contributed by atoms with Gasteiger partial charge in [-0.3, -0.25) is 0 Å². The van der Waals surface area contributed by atoms with Crippen LogP contribution in [0.1, 0.15) is 38.3 Å². The number of primary sulfonamides is 1. The Kier molecular flexibility index (Phi) is 5.93. The van der Waals surface area contributed by atoms with Gasteiger partial charge in [-0.25, -0.2) is 13.6 Å². The Morgan fingerprint density at radius 3 is 2.32 bits per heavy atom. The molecule has 0 heterocycles. The molecule has 0 saturated heterocycles. The maximum absolute atomic E-state index is 11.1. The van der Waals surface area contributed by atoms with E-state index in [-0.39, 0.29) is 17.5 Å². The third-order valence-electron chi connectivity index (χ3n) is 3.04. The van der Waals surface area contributed by atoms with E-state index in [1.807, 2.05) is 6.92 Å². The van der Waals surface area contributed by atoms with Crippen LogP contribution in [0.15, 0.2) is 29.2 Å². The lowest BCUT2D eigenvalue weighted by Gasteiger charge is -2.20. The number of hydrogen-bond donors (Lipinski definition) is 3. The van der Waals surface area contributed by atoms with Gasteiger partial charge in [0.1, 0.15) is 0 Å². The van der Waals surface area contributed by atoms with Crippen LogP contribution in [0.25, 0.3) is 0 Å². The molecule has 19 heavy (non-hydrogen) atoms. The predicted octanol–water partition coefficient (Wildman–Crippen LogP) is 1.15. The summed E-state index contributed by atoms with van der Waals surface area (Å²) >= 11 is 0. The first-order valence-corrected chi connectivity index (χ1v) is 7.89. The largest absolute Gasteiger partial charge is 0.396 e. The minimum atomic E-state index is -3.63. The van der Waals surface area contributed by atoms with Gasteiger partial charge in [0.2, 0.25) is 10.0 Å². The van der Waals surface area contributed by atoms with Crippen molar-refractivity contribution in [3.63, 3.8) is 0 Å². The van der Waals surface area contributed by atoms with E-state index in [0.717, 1.165) is 18.4 Å². The topological polar surface area (TPSA) is 92.4 Å². The molecule has 4 N–H and O–H groups in total. The smallest absolute Gasteiger partial charge is 0.238 e. The number of sulfonamides is 1. The van der Waals surface area contributed by atoms with Gasteiger partial charge in [0, 0.05) is 18.7 Å². The molecule has 0 saturated carbocycles. The third kappa shape index (κ3) is 5.28. The van der Waals surface area contributed by atoms with Gasteiger partial charge < -0.3 is 10.4 Å². The Labute approximate surface area is 114 Å². The molecule has 0 aliphatic heterocycles. The highest BCUT2D eigenvalue weighted by molar-refractivity contribution is 7.89. The Morgan fingerprint density at radius 2 is 1.84 bits per heavy atom. The van der Waals surface area contributed by atoms with Crippen molar-refractivity contribution < 1.29 is 13.5 Å². The van der Waals surface area contributed by atoms with Crippen molar-refractivity contribution in [1.29, 1.82) is 0 Å². The van der Waals surface area contributed by atoms with Gasteiger partial charge in [-0.1, -0.05) is 12.1 Å². The van der Waals surface area contributed by atoms with Crippen molar-refractivity contribution in [2.75, 3.05) is 6.61 Å². The number of aliphatic hydroxyl groups excluding tert-OH is 1. The minimum Gasteiger partial charge on any atom is -0.396 e. The Balaban J connectivity index is 2.65. The van der Waals surface area contributed by atoms with Gasteiger partial charge in [0.05, 0.1) is 4.90 Å². The van der Waals surface area contributed by atoms with Crippen molar-refractivity contribution in [3.05, 3.63) is 29.8 Å². The molecule has 5 nitrogen and oxygen atoms in total. The summed E-state index contributed by atoms with van der Waals surface area (Å²) < 4.78 is 22.3. The highest BCUT2D eigenvalue weighted by Crippen LogP contribution is 2.16. The summed E-state index contributed by atoms with van der Waals surface area (Å²) in [5, 5.41) is 17.2. The second-order valence-corrected chi connectivity index (χ2v) is 6.33. The van der Waals surface area contributed by atoms with Crippen molar-refractivity contribution in [2.24, 2.45) is 5.14 Å². The minimum absolute atomic E-state index is 0.114. The van der Waals surface area contributed by atoms with Gasteiger partial charge in [-0.05, 0) is 44.4 Å². The molecular formula is C13H22N2O3S. The number of nitrogens with two attached hydrogens (primary N) is 1. The van der Waals surface area contributed by atoms with Crippen LogP contribution in [0.5, 0.6) is 0 Å². The van der Waals surface area contributed by atoms with Crippen LogP contribution in [-0.4, -0.2) is 26.2 Å². The maximum Gasteiger partial charge on any atom is 0.238 e.